The Morgan fingerprint density at radius 1 is 1.30 bits per heavy atom. The average molecular weight is 305 g/mol. The number of hydrogen-bond donors (Lipinski definition) is 0. The first-order chi connectivity index (χ1) is 9.38. The largest absolute Gasteiger partial charge is 0.434 e. The molecule has 1 fully saturated rings. The van der Waals surface area contributed by atoms with Crippen molar-refractivity contribution in [3.8, 4) is 0 Å². The van der Waals surface area contributed by atoms with E-state index < -0.39 is 17.7 Å². The standard InChI is InChI=1S/C14H18F3NOS/c1-9-18-13(14(15,16)17)12(20-9)11(19)8-7-10-5-3-2-4-6-10/h10H,2-8H2,1H3. The van der Waals surface area contributed by atoms with E-state index in [1.165, 1.54) is 26.2 Å². The third kappa shape index (κ3) is 3.81. The van der Waals surface area contributed by atoms with Crippen LogP contribution in [-0.2, 0) is 6.18 Å². The van der Waals surface area contributed by atoms with Gasteiger partial charge in [-0.3, -0.25) is 4.79 Å². The molecule has 0 spiro atoms. The van der Waals surface area contributed by atoms with Crippen LogP contribution in [0.5, 0.6) is 0 Å². The van der Waals surface area contributed by atoms with Gasteiger partial charge in [-0.2, -0.15) is 13.2 Å². The number of carbonyl (C=O) groups is 1. The predicted octanol–water partition coefficient (Wildman–Crippen LogP) is 5.01. The lowest BCUT2D eigenvalue weighted by Crippen LogP contribution is -2.13. The van der Waals surface area contributed by atoms with Gasteiger partial charge in [-0.25, -0.2) is 4.98 Å². The molecular formula is C14H18F3NOS. The molecule has 1 heterocycles. The van der Waals surface area contributed by atoms with Crippen LogP contribution in [0.1, 0.15) is 65.3 Å². The van der Waals surface area contributed by atoms with Crippen molar-refractivity contribution in [3.05, 3.63) is 15.6 Å². The third-order valence-electron chi connectivity index (χ3n) is 3.76. The van der Waals surface area contributed by atoms with Crippen LogP contribution in [0.15, 0.2) is 0 Å². The Morgan fingerprint density at radius 2 is 1.95 bits per heavy atom. The van der Waals surface area contributed by atoms with Crippen molar-refractivity contribution >= 4 is 17.1 Å². The first kappa shape index (κ1) is 15.5. The SMILES string of the molecule is Cc1nc(C(F)(F)F)c(C(=O)CCC2CCCCC2)s1. The average Bonchev–Trinajstić information content (AvgIpc) is 2.79. The Balaban J connectivity index is 2.01. The molecule has 1 saturated carbocycles. The highest BCUT2D eigenvalue weighted by molar-refractivity contribution is 7.13. The number of nitrogens with zero attached hydrogens (tertiary/aromatic N) is 1. The van der Waals surface area contributed by atoms with Gasteiger partial charge < -0.3 is 0 Å². The van der Waals surface area contributed by atoms with Crippen LogP contribution >= 0.6 is 11.3 Å². The highest BCUT2D eigenvalue weighted by Crippen LogP contribution is 2.35. The van der Waals surface area contributed by atoms with Crippen molar-refractivity contribution in [3.63, 3.8) is 0 Å². The zero-order valence-corrected chi connectivity index (χ0v) is 12.2. The molecule has 0 unspecified atom stereocenters. The molecule has 1 aliphatic rings. The molecule has 0 aliphatic heterocycles. The molecular weight excluding hydrogens is 287 g/mol. The predicted molar refractivity (Wildman–Crippen MR) is 72.0 cm³/mol. The molecule has 0 aromatic carbocycles. The molecule has 0 N–H and O–H groups in total. The molecule has 112 valence electrons. The van der Waals surface area contributed by atoms with E-state index in [9.17, 15) is 18.0 Å². The fraction of sp³-hybridized carbons (Fsp3) is 0.714. The van der Waals surface area contributed by atoms with E-state index in [4.69, 9.17) is 0 Å². The van der Waals surface area contributed by atoms with Gasteiger partial charge in [0.2, 0.25) is 0 Å². The van der Waals surface area contributed by atoms with E-state index in [-0.39, 0.29) is 11.3 Å². The van der Waals surface area contributed by atoms with Crippen molar-refractivity contribution in [2.75, 3.05) is 0 Å². The lowest BCUT2D eigenvalue weighted by atomic mass is 9.85. The summed E-state index contributed by atoms with van der Waals surface area (Å²) in [6.45, 7) is 1.50. The monoisotopic (exact) mass is 305 g/mol. The number of Topliss-reactive ketones (excluding diaryl/α,β-unsaturated/α-hetero) is 1. The fourth-order valence-electron chi connectivity index (χ4n) is 2.73. The molecule has 1 aliphatic carbocycles. The lowest BCUT2D eigenvalue weighted by molar-refractivity contribution is -0.141. The Labute approximate surface area is 120 Å². The van der Waals surface area contributed by atoms with Crippen molar-refractivity contribution in [2.45, 2.75) is 58.0 Å². The Morgan fingerprint density at radius 3 is 2.55 bits per heavy atom. The number of alkyl halides is 3. The van der Waals surface area contributed by atoms with Gasteiger partial charge in [0.05, 0.1) is 5.01 Å². The summed E-state index contributed by atoms with van der Waals surface area (Å²) in [5, 5.41) is 0.290. The maximum absolute atomic E-state index is 12.8. The Bertz CT molecular complexity index is 475. The molecule has 1 aromatic rings. The quantitative estimate of drug-likeness (QED) is 0.732. The molecule has 0 atom stereocenters. The zero-order chi connectivity index (χ0) is 14.8. The molecule has 6 heteroatoms. The van der Waals surface area contributed by atoms with Crippen molar-refractivity contribution in [1.29, 1.82) is 0 Å². The van der Waals surface area contributed by atoms with Gasteiger partial charge in [-0.1, -0.05) is 32.1 Å². The molecule has 2 nitrogen and oxygen atoms in total. The van der Waals surface area contributed by atoms with E-state index in [1.807, 2.05) is 0 Å². The van der Waals surface area contributed by atoms with Crippen LogP contribution in [0.2, 0.25) is 0 Å². The maximum atomic E-state index is 12.8. The second kappa shape index (κ2) is 6.24. The summed E-state index contributed by atoms with van der Waals surface area (Å²) in [4.78, 5) is 15.3. The van der Waals surface area contributed by atoms with Crippen LogP contribution in [0.25, 0.3) is 0 Å². The summed E-state index contributed by atoms with van der Waals surface area (Å²) in [6, 6.07) is 0. The van der Waals surface area contributed by atoms with Gasteiger partial charge in [0.15, 0.2) is 11.5 Å². The zero-order valence-electron chi connectivity index (χ0n) is 11.4. The highest BCUT2D eigenvalue weighted by atomic mass is 32.1. The summed E-state index contributed by atoms with van der Waals surface area (Å²) >= 11 is 0.855. The van der Waals surface area contributed by atoms with Crippen LogP contribution in [0.3, 0.4) is 0 Å². The first-order valence-corrected chi connectivity index (χ1v) is 7.77. The van der Waals surface area contributed by atoms with Crippen LogP contribution in [-0.4, -0.2) is 10.8 Å². The third-order valence-corrected chi connectivity index (χ3v) is 4.77. The van der Waals surface area contributed by atoms with Crippen LogP contribution in [0.4, 0.5) is 13.2 Å². The van der Waals surface area contributed by atoms with Crippen molar-refractivity contribution in [1.82, 2.24) is 4.98 Å². The van der Waals surface area contributed by atoms with Crippen molar-refractivity contribution in [2.24, 2.45) is 5.92 Å². The summed E-state index contributed by atoms with van der Waals surface area (Å²) in [5.74, 6) is 0.0875. The number of rotatable bonds is 4. The van der Waals surface area contributed by atoms with E-state index in [0.29, 0.717) is 17.3 Å². The molecule has 0 saturated heterocycles. The number of hydrogen-bond acceptors (Lipinski definition) is 3. The second-order valence-corrected chi connectivity index (χ2v) is 6.58. The van der Waals surface area contributed by atoms with Gasteiger partial charge in [0.25, 0.3) is 0 Å². The second-order valence-electron chi connectivity index (χ2n) is 5.37. The number of aryl methyl sites for hydroxylation is 1. The normalized spacial score (nSPS) is 17.4. The van der Waals surface area contributed by atoms with Gasteiger partial charge in [-0.05, 0) is 19.3 Å². The minimum atomic E-state index is -4.54. The van der Waals surface area contributed by atoms with E-state index in [1.54, 1.807) is 0 Å². The molecule has 20 heavy (non-hydrogen) atoms. The number of aromatic nitrogens is 1. The van der Waals surface area contributed by atoms with Gasteiger partial charge in [0, 0.05) is 6.42 Å². The minimum absolute atomic E-state index is 0.204. The van der Waals surface area contributed by atoms with Crippen LogP contribution < -0.4 is 0 Å². The van der Waals surface area contributed by atoms with E-state index in [2.05, 4.69) is 4.98 Å². The number of halogens is 3. The summed E-state index contributed by atoms with van der Waals surface area (Å²) in [6.07, 6.45) is 2.14. The maximum Gasteiger partial charge on any atom is 0.434 e. The summed E-state index contributed by atoms with van der Waals surface area (Å²) in [7, 11) is 0. The fourth-order valence-corrected chi connectivity index (χ4v) is 3.64. The van der Waals surface area contributed by atoms with Gasteiger partial charge >= 0.3 is 6.18 Å². The minimum Gasteiger partial charge on any atom is -0.293 e. The topological polar surface area (TPSA) is 30.0 Å². The molecule has 2 rings (SSSR count). The molecule has 0 amide bonds. The Hall–Kier alpha value is -0.910. The van der Waals surface area contributed by atoms with Crippen LogP contribution in [0, 0.1) is 12.8 Å². The summed E-state index contributed by atoms with van der Waals surface area (Å²) in [5.41, 5.74) is -1.01. The number of ketones is 1. The number of carbonyl (C=O) groups excluding carboxylic acids is 1. The van der Waals surface area contributed by atoms with Gasteiger partial charge in [-0.15, -0.1) is 11.3 Å². The van der Waals surface area contributed by atoms with Crippen molar-refractivity contribution < 1.29 is 18.0 Å². The molecule has 0 radical (unpaired) electrons. The summed E-state index contributed by atoms with van der Waals surface area (Å²) < 4.78 is 38.4. The van der Waals surface area contributed by atoms with E-state index >= 15 is 0 Å². The smallest absolute Gasteiger partial charge is 0.293 e. The number of thiazole rings is 1. The van der Waals surface area contributed by atoms with Gasteiger partial charge in [0.1, 0.15) is 4.88 Å². The molecule has 0 bridgehead atoms. The molecule has 1 aromatic heterocycles. The van der Waals surface area contributed by atoms with E-state index in [0.717, 1.165) is 24.2 Å². The first-order valence-electron chi connectivity index (χ1n) is 6.95. The highest BCUT2D eigenvalue weighted by Gasteiger charge is 2.38. The lowest BCUT2D eigenvalue weighted by Gasteiger charge is -2.20. The Kier molecular flexibility index (Phi) is 4.83.